The van der Waals surface area contributed by atoms with Crippen molar-refractivity contribution in [2.75, 3.05) is 24.5 Å². The van der Waals surface area contributed by atoms with E-state index in [1.807, 2.05) is 42.6 Å². The molecule has 7 heteroatoms. The summed E-state index contributed by atoms with van der Waals surface area (Å²) in [5.41, 5.74) is 2.87. The molecule has 0 radical (unpaired) electrons. The molecule has 3 heterocycles. The van der Waals surface area contributed by atoms with Gasteiger partial charge in [-0.1, -0.05) is 29.8 Å². The Bertz CT molecular complexity index is 951. The number of H-pyrrole nitrogens is 1. The maximum absolute atomic E-state index is 12.2. The van der Waals surface area contributed by atoms with Crippen molar-refractivity contribution in [3.63, 3.8) is 0 Å². The predicted octanol–water partition coefficient (Wildman–Crippen LogP) is 3.70. The molecular weight excluding hydrogens is 386 g/mol. The van der Waals surface area contributed by atoms with Crippen molar-refractivity contribution >= 4 is 23.3 Å². The van der Waals surface area contributed by atoms with Gasteiger partial charge in [0, 0.05) is 48.7 Å². The third-order valence-electron chi connectivity index (χ3n) is 5.37. The van der Waals surface area contributed by atoms with Crippen molar-refractivity contribution in [3.8, 4) is 11.3 Å². The molecule has 1 fully saturated rings. The number of pyridine rings is 1. The minimum atomic E-state index is 0.0222. The van der Waals surface area contributed by atoms with E-state index in [1.165, 1.54) is 0 Å². The number of hydrogen-bond acceptors (Lipinski definition) is 4. The Morgan fingerprint density at radius 1 is 1.21 bits per heavy atom. The summed E-state index contributed by atoms with van der Waals surface area (Å²) in [5, 5.41) is 11.3. The van der Waals surface area contributed by atoms with E-state index in [4.69, 9.17) is 11.6 Å². The van der Waals surface area contributed by atoms with Crippen LogP contribution in [0.15, 0.2) is 54.9 Å². The van der Waals surface area contributed by atoms with Gasteiger partial charge < -0.3 is 10.2 Å². The van der Waals surface area contributed by atoms with Crippen LogP contribution in [0.2, 0.25) is 5.02 Å². The molecule has 1 aliphatic heterocycles. The maximum Gasteiger partial charge on any atom is 0.224 e. The number of halogens is 1. The van der Waals surface area contributed by atoms with Crippen LogP contribution in [-0.2, 0) is 11.2 Å². The Labute approximate surface area is 175 Å². The smallest absolute Gasteiger partial charge is 0.224 e. The zero-order valence-corrected chi connectivity index (χ0v) is 16.9. The topological polar surface area (TPSA) is 73.9 Å². The van der Waals surface area contributed by atoms with Gasteiger partial charge in [0.05, 0.1) is 12.1 Å². The van der Waals surface area contributed by atoms with Crippen molar-refractivity contribution in [2.24, 2.45) is 5.92 Å². The molecule has 1 amide bonds. The van der Waals surface area contributed by atoms with Crippen LogP contribution in [0.25, 0.3) is 11.3 Å². The Hall–Kier alpha value is -2.86. The number of rotatable bonds is 6. The summed E-state index contributed by atoms with van der Waals surface area (Å²) in [7, 11) is 0. The van der Waals surface area contributed by atoms with E-state index in [-0.39, 0.29) is 5.91 Å². The number of amides is 1. The molecule has 0 atom stereocenters. The van der Waals surface area contributed by atoms with E-state index in [9.17, 15) is 4.79 Å². The van der Waals surface area contributed by atoms with Gasteiger partial charge in [0.1, 0.15) is 0 Å². The zero-order valence-electron chi connectivity index (χ0n) is 16.1. The lowest BCUT2D eigenvalue weighted by Crippen LogP contribution is -2.39. The Morgan fingerprint density at radius 2 is 2.03 bits per heavy atom. The Morgan fingerprint density at radius 3 is 2.79 bits per heavy atom. The fraction of sp³-hybridized carbons (Fsp3) is 0.318. The second-order valence-corrected chi connectivity index (χ2v) is 7.79. The summed E-state index contributed by atoms with van der Waals surface area (Å²) in [6, 6.07) is 13.5. The number of anilines is 1. The van der Waals surface area contributed by atoms with E-state index in [0.717, 1.165) is 48.6 Å². The molecule has 0 aliphatic carbocycles. The molecule has 150 valence electrons. The van der Waals surface area contributed by atoms with Crippen molar-refractivity contribution in [1.29, 1.82) is 0 Å². The first-order valence-electron chi connectivity index (χ1n) is 9.90. The van der Waals surface area contributed by atoms with Crippen LogP contribution in [0.3, 0.4) is 0 Å². The molecule has 2 N–H and O–H groups in total. The molecule has 0 spiro atoms. The number of hydrogen-bond donors (Lipinski definition) is 2. The highest BCUT2D eigenvalue weighted by atomic mass is 35.5. The summed E-state index contributed by atoms with van der Waals surface area (Å²) in [5.74, 6) is 1.47. The lowest BCUT2D eigenvalue weighted by molar-refractivity contribution is -0.120. The number of carbonyl (C=O) groups excluding carboxylic acids is 1. The van der Waals surface area contributed by atoms with E-state index in [0.29, 0.717) is 23.9 Å². The first kappa shape index (κ1) is 19.5. The summed E-state index contributed by atoms with van der Waals surface area (Å²) < 4.78 is 0. The van der Waals surface area contributed by atoms with Crippen LogP contribution in [0.5, 0.6) is 0 Å². The van der Waals surface area contributed by atoms with Gasteiger partial charge >= 0.3 is 0 Å². The van der Waals surface area contributed by atoms with Gasteiger partial charge in [0.2, 0.25) is 5.91 Å². The van der Waals surface area contributed by atoms with Crippen molar-refractivity contribution < 1.29 is 4.79 Å². The average molecular weight is 410 g/mol. The van der Waals surface area contributed by atoms with E-state index < -0.39 is 0 Å². The molecule has 0 saturated carbocycles. The monoisotopic (exact) mass is 409 g/mol. The fourth-order valence-corrected chi connectivity index (χ4v) is 3.85. The standard InChI is InChI=1S/C22H24ClN5O/c23-19-6-2-1-4-17(19)12-22(29)25-14-16-7-10-28(11-8-16)21-13-20(26-27-21)18-5-3-9-24-15-18/h1-6,9,13,15-16H,7-8,10-12,14H2,(H,25,29)(H,26,27). The van der Waals surface area contributed by atoms with Crippen molar-refractivity contribution in [1.82, 2.24) is 20.5 Å². The molecule has 4 rings (SSSR count). The van der Waals surface area contributed by atoms with Crippen molar-refractivity contribution in [2.45, 2.75) is 19.3 Å². The quantitative estimate of drug-likeness (QED) is 0.651. The number of benzene rings is 1. The third-order valence-corrected chi connectivity index (χ3v) is 5.74. The van der Waals surface area contributed by atoms with Gasteiger partial charge in [-0.2, -0.15) is 5.10 Å². The van der Waals surface area contributed by atoms with Crippen LogP contribution < -0.4 is 10.2 Å². The molecule has 1 aliphatic rings. The van der Waals surface area contributed by atoms with Gasteiger partial charge in [0.15, 0.2) is 5.82 Å². The molecule has 1 aromatic carbocycles. The highest BCUT2D eigenvalue weighted by Crippen LogP contribution is 2.25. The highest BCUT2D eigenvalue weighted by molar-refractivity contribution is 6.31. The molecule has 29 heavy (non-hydrogen) atoms. The van der Waals surface area contributed by atoms with E-state index in [2.05, 4.69) is 31.5 Å². The molecule has 0 unspecified atom stereocenters. The molecule has 3 aromatic rings. The third kappa shape index (κ3) is 4.95. The summed E-state index contributed by atoms with van der Waals surface area (Å²) in [6.45, 7) is 2.57. The lowest BCUT2D eigenvalue weighted by Gasteiger charge is -2.32. The molecular formula is C22H24ClN5O. The largest absolute Gasteiger partial charge is 0.356 e. The number of carbonyl (C=O) groups is 1. The van der Waals surface area contributed by atoms with Gasteiger partial charge in [-0.25, -0.2) is 0 Å². The van der Waals surface area contributed by atoms with Crippen LogP contribution in [0.4, 0.5) is 5.82 Å². The van der Waals surface area contributed by atoms with Gasteiger partial charge in [0.25, 0.3) is 0 Å². The van der Waals surface area contributed by atoms with Crippen LogP contribution in [0, 0.1) is 5.92 Å². The lowest BCUT2D eigenvalue weighted by atomic mass is 9.96. The SMILES string of the molecule is O=C(Cc1ccccc1Cl)NCC1CCN(c2cc(-c3cccnc3)[nH]n2)CC1. The van der Waals surface area contributed by atoms with Gasteiger partial charge in [-0.15, -0.1) is 0 Å². The Balaban J connectivity index is 1.24. The molecule has 6 nitrogen and oxygen atoms in total. The normalized spacial score (nSPS) is 14.7. The highest BCUT2D eigenvalue weighted by Gasteiger charge is 2.21. The number of nitrogens with zero attached hydrogens (tertiary/aromatic N) is 3. The summed E-state index contributed by atoms with van der Waals surface area (Å²) in [6.07, 6.45) is 5.97. The minimum Gasteiger partial charge on any atom is -0.356 e. The molecule has 1 saturated heterocycles. The average Bonchev–Trinajstić information content (AvgIpc) is 3.25. The molecule has 0 bridgehead atoms. The van der Waals surface area contributed by atoms with Crippen LogP contribution >= 0.6 is 11.6 Å². The maximum atomic E-state index is 12.2. The number of nitrogens with one attached hydrogen (secondary N) is 2. The number of aromatic amines is 1. The minimum absolute atomic E-state index is 0.0222. The molecule has 2 aromatic heterocycles. The second-order valence-electron chi connectivity index (χ2n) is 7.38. The fourth-order valence-electron chi connectivity index (χ4n) is 3.64. The van der Waals surface area contributed by atoms with Gasteiger partial charge in [-0.05, 0) is 42.5 Å². The predicted molar refractivity (Wildman–Crippen MR) is 115 cm³/mol. The zero-order chi connectivity index (χ0) is 20.1. The second kappa shape index (κ2) is 9.09. The summed E-state index contributed by atoms with van der Waals surface area (Å²) >= 11 is 6.13. The van der Waals surface area contributed by atoms with E-state index in [1.54, 1.807) is 6.20 Å². The van der Waals surface area contributed by atoms with Crippen LogP contribution in [0.1, 0.15) is 18.4 Å². The van der Waals surface area contributed by atoms with E-state index >= 15 is 0 Å². The van der Waals surface area contributed by atoms with Crippen molar-refractivity contribution in [3.05, 3.63) is 65.4 Å². The van der Waals surface area contributed by atoms with Gasteiger partial charge in [-0.3, -0.25) is 14.9 Å². The number of aromatic nitrogens is 3. The Kier molecular flexibility index (Phi) is 6.10. The summed E-state index contributed by atoms with van der Waals surface area (Å²) in [4.78, 5) is 18.7. The van der Waals surface area contributed by atoms with Crippen LogP contribution in [-0.4, -0.2) is 40.7 Å². The first-order valence-corrected chi connectivity index (χ1v) is 10.3. The first-order chi connectivity index (χ1) is 14.2. The number of piperidine rings is 1.